The van der Waals surface area contributed by atoms with Crippen LogP contribution in [-0.2, 0) is 6.42 Å². The van der Waals surface area contributed by atoms with Crippen molar-refractivity contribution in [2.75, 3.05) is 18.5 Å². The molecule has 0 aliphatic carbocycles. The number of benzene rings is 1. The summed E-state index contributed by atoms with van der Waals surface area (Å²) >= 11 is 7.46. The average molecular weight is 469 g/mol. The number of pyridine rings is 1. The molecule has 0 spiro atoms. The van der Waals surface area contributed by atoms with E-state index in [1.54, 1.807) is 24.4 Å². The maximum Gasteiger partial charge on any atom is 0.349 e. The first-order valence-corrected chi connectivity index (χ1v) is 11.3. The van der Waals surface area contributed by atoms with Gasteiger partial charge in [-0.1, -0.05) is 11.6 Å². The van der Waals surface area contributed by atoms with E-state index in [0.717, 1.165) is 34.2 Å². The number of carboxylic acid groups (broad SMARTS) is 1. The Kier molecular flexibility index (Phi) is 6.53. The van der Waals surface area contributed by atoms with E-state index in [1.165, 1.54) is 11.9 Å². The van der Waals surface area contributed by atoms with Crippen LogP contribution >= 0.6 is 22.9 Å². The fourth-order valence-electron chi connectivity index (χ4n) is 3.40. The number of thiophene rings is 1. The van der Waals surface area contributed by atoms with Crippen molar-refractivity contribution < 1.29 is 14.6 Å². The fraction of sp³-hybridized carbons (Fsp3) is 0.217. The summed E-state index contributed by atoms with van der Waals surface area (Å²) in [6.45, 7) is 4.93. The third kappa shape index (κ3) is 4.66. The van der Waals surface area contributed by atoms with E-state index in [2.05, 4.69) is 33.3 Å². The van der Waals surface area contributed by atoms with Gasteiger partial charge in [-0.15, -0.1) is 11.3 Å². The number of halogens is 1. The molecule has 0 amide bonds. The number of anilines is 1. The summed E-state index contributed by atoms with van der Waals surface area (Å²) in [6.07, 6.45) is 3.95. The molecule has 32 heavy (non-hydrogen) atoms. The molecule has 4 rings (SSSR count). The first-order chi connectivity index (χ1) is 15.5. The molecule has 7 nitrogen and oxygen atoms in total. The van der Waals surface area contributed by atoms with Crippen molar-refractivity contribution in [3.63, 3.8) is 0 Å². The van der Waals surface area contributed by atoms with Crippen LogP contribution in [0.2, 0.25) is 5.02 Å². The number of aromatic carboxylic acids is 1. The Morgan fingerprint density at radius 1 is 1.22 bits per heavy atom. The molecular weight excluding hydrogens is 448 g/mol. The first kappa shape index (κ1) is 22.0. The number of rotatable bonds is 8. The van der Waals surface area contributed by atoms with Gasteiger partial charge >= 0.3 is 5.97 Å². The van der Waals surface area contributed by atoms with Crippen LogP contribution in [0.5, 0.6) is 5.75 Å². The van der Waals surface area contributed by atoms with Crippen molar-refractivity contribution in [2.24, 2.45) is 0 Å². The van der Waals surface area contributed by atoms with Crippen molar-refractivity contribution >= 4 is 45.6 Å². The SMILES string of the molecule is CCOc1cc(-c2cc(NCCc3cc4c(Cl)ccnc4cc3C)ncn2)sc1C(=O)O. The van der Waals surface area contributed by atoms with Crippen LogP contribution in [0.3, 0.4) is 0 Å². The molecule has 0 fully saturated rings. The van der Waals surface area contributed by atoms with E-state index in [1.807, 2.05) is 13.0 Å². The Morgan fingerprint density at radius 2 is 2.06 bits per heavy atom. The molecule has 2 N–H and O–H groups in total. The maximum absolute atomic E-state index is 11.5. The van der Waals surface area contributed by atoms with Gasteiger partial charge < -0.3 is 15.2 Å². The minimum absolute atomic E-state index is 0.162. The van der Waals surface area contributed by atoms with E-state index in [9.17, 15) is 9.90 Å². The molecule has 0 atom stereocenters. The Bertz CT molecular complexity index is 1290. The average Bonchev–Trinajstić information content (AvgIpc) is 3.20. The minimum atomic E-state index is -1.02. The van der Waals surface area contributed by atoms with Gasteiger partial charge in [-0.25, -0.2) is 14.8 Å². The molecule has 3 heterocycles. The molecule has 3 aromatic heterocycles. The van der Waals surface area contributed by atoms with E-state index >= 15 is 0 Å². The second-order valence-corrected chi connectivity index (χ2v) is 8.56. The molecule has 4 aromatic rings. The van der Waals surface area contributed by atoms with Crippen LogP contribution in [0.4, 0.5) is 5.82 Å². The quantitative estimate of drug-likeness (QED) is 0.354. The second-order valence-electron chi connectivity index (χ2n) is 7.10. The number of hydrogen-bond donors (Lipinski definition) is 2. The standard InChI is InChI=1S/C23H21ClN4O3S/c1-3-31-19-11-20(32-22(19)23(29)30)18-10-21(28-12-27-18)26-6-4-14-9-15-16(24)5-7-25-17(15)8-13(14)2/h5,7-12H,3-4,6H2,1-2H3,(H,29,30)(H,26,27,28). The maximum atomic E-state index is 11.5. The van der Waals surface area contributed by atoms with Crippen LogP contribution in [0.15, 0.2) is 42.9 Å². The van der Waals surface area contributed by atoms with E-state index < -0.39 is 5.97 Å². The van der Waals surface area contributed by atoms with E-state index in [0.29, 0.717) is 40.3 Å². The zero-order valence-corrected chi connectivity index (χ0v) is 19.1. The molecule has 0 aliphatic heterocycles. The molecule has 164 valence electrons. The fourth-order valence-corrected chi connectivity index (χ4v) is 4.52. The van der Waals surface area contributed by atoms with Crippen LogP contribution in [0, 0.1) is 6.92 Å². The number of hydrogen-bond acceptors (Lipinski definition) is 7. The number of aryl methyl sites for hydroxylation is 1. The van der Waals surface area contributed by atoms with Crippen molar-refractivity contribution in [3.8, 4) is 16.3 Å². The van der Waals surface area contributed by atoms with Crippen molar-refractivity contribution in [3.05, 3.63) is 63.9 Å². The zero-order valence-electron chi connectivity index (χ0n) is 17.6. The summed E-state index contributed by atoms with van der Waals surface area (Å²) in [4.78, 5) is 25.3. The van der Waals surface area contributed by atoms with Crippen LogP contribution in [0.25, 0.3) is 21.5 Å². The van der Waals surface area contributed by atoms with Gasteiger partial charge in [0.1, 0.15) is 17.9 Å². The highest BCUT2D eigenvalue weighted by molar-refractivity contribution is 7.17. The molecule has 0 aliphatic rings. The molecule has 0 saturated carbocycles. The van der Waals surface area contributed by atoms with Gasteiger partial charge in [0.15, 0.2) is 4.88 Å². The van der Waals surface area contributed by atoms with Crippen LogP contribution < -0.4 is 10.1 Å². The molecule has 0 saturated heterocycles. The summed E-state index contributed by atoms with van der Waals surface area (Å²) in [6, 6.07) is 9.44. The second kappa shape index (κ2) is 9.50. The van der Waals surface area contributed by atoms with E-state index in [-0.39, 0.29) is 4.88 Å². The summed E-state index contributed by atoms with van der Waals surface area (Å²) in [5, 5.41) is 14.4. The highest BCUT2D eigenvalue weighted by Crippen LogP contribution is 2.36. The Morgan fingerprint density at radius 3 is 2.84 bits per heavy atom. The number of nitrogens with zero attached hydrogens (tertiary/aromatic N) is 3. The minimum Gasteiger partial charge on any atom is -0.492 e. The lowest BCUT2D eigenvalue weighted by Gasteiger charge is -2.10. The first-order valence-electron chi connectivity index (χ1n) is 10.1. The van der Waals surface area contributed by atoms with Gasteiger partial charge in [0, 0.05) is 30.3 Å². The van der Waals surface area contributed by atoms with Gasteiger partial charge in [0.25, 0.3) is 0 Å². The van der Waals surface area contributed by atoms with Gasteiger partial charge in [-0.2, -0.15) is 0 Å². The largest absolute Gasteiger partial charge is 0.492 e. The summed E-state index contributed by atoms with van der Waals surface area (Å²) < 4.78 is 5.45. The number of aromatic nitrogens is 3. The lowest BCUT2D eigenvalue weighted by atomic mass is 10.0. The van der Waals surface area contributed by atoms with Crippen molar-refractivity contribution in [2.45, 2.75) is 20.3 Å². The third-order valence-corrected chi connectivity index (χ3v) is 6.41. The highest BCUT2D eigenvalue weighted by Gasteiger charge is 2.18. The molecule has 0 radical (unpaired) electrons. The summed E-state index contributed by atoms with van der Waals surface area (Å²) in [5.74, 6) is 0.00240. The third-order valence-electron chi connectivity index (χ3n) is 4.96. The normalized spacial score (nSPS) is 11.0. The van der Waals surface area contributed by atoms with Gasteiger partial charge in [-0.3, -0.25) is 4.98 Å². The predicted molar refractivity (Wildman–Crippen MR) is 127 cm³/mol. The highest BCUT2D eigenvalue weighted by atomic mass is 35.5. The molecular formula is C23H21ClN4O3S. The van der Waals surface area contributed by atoms with Gasteiger partial charge in [0.05, 0.1) is 27.7 Å². The summed E-state index contributed by atoms with van der Waals surface area (Å²) in [7, 11) is 0. The van der Waals surface area contributed by atoms with Gasteiger partial charge in [-0.05, 0) is 49.6 Å². The van der Waals surface area contributed by atoms with Crippen LogP contribution in [-0.4, -0.2) is 39.2 Å². The predicted octanol–water partition coefficient (Wildman–Crippen LogP) is 5.47. The van der Waals surface area contributed by atoms with Crippen molar-refractivity contribution in [1.29, 1.82) is 0 Å². The van der Waals surface area contributed by atoms with Crippen molar-refractivity contribution in [1.82, 2.24) is 15.0 Å². The number of fused-ring (bicyclic) bond motifs is 1. The topological polar surface area (TPSA) is 97.2 Å². The van der Waals surface area contributed by atoms with Crippen LogP contribution in [0.1, 0.15) is 27.7 Å². The zero-order chi connectivity index (χ0) is 22.7. The molecule has 9 heteroatoms. The number of nitrogens with one attached hydrogen (secondary N) is 1. The van der Waals surface area contributed by atoms with E-state index in [4.69, 9.17) is 16.3 Å². The Labute approximate surface area is 194 Å². The molecule has 1 aromatic carbocycles. The number of carbonyl (C=O) groups is 1. The smallest absolute Gasteiger partial charge is 0.349 e. The lowest BCUT2D eigenvalue weighted by molar-refractivity contribution is 0.0698. The monoisotopic (exact) mass is 468 g/mol. The Hall–Kier alpha value is -3.23. The Balaban J connectivity index is 1.49. The number of ether oxygens (including phenoxy) is 1. The summed E-state index contributed by atoms with van der Waals surface area (Å²) in [5.41, 5.74) is 3.86. The molecule has 0 unspecified atom stereocenters. The lowest BCUT2D eigenvalue weighted by Crippen LogP contribution is -2.07. The van der Waals surface area contributed by atoms with Gasteiger partial charge in [0.2, 0.25) is 0 Å². The molecule has 0 bridgehead atoms. The number of carboxylic acids is 1.